The molecule has 0 N–H and O–H groups in total. The third kappa shape index (κ3) is 3.60. The van der Waals surface area contributed by atoms with Crippen molar-refractivity contribution in [3.8, 4) is 0 Å². The lowest BCUT2D eigenvalue weighted by atomic mass is 10.2. The summed E-state index contributed by atoms with van der Waals surface area (Å²) in [5.74, 6) is 0. The fraction of sp³-hybridized carbons (Fsp3) is 0.923. The Bertz CT molecular complexity index is 248. The van der Waals surface area contributed by atoms with Gasteiger partial charge in [-0.3, -0.25) is 0 Å². The maximum atomic E-state index is 12.1. The van der Waals surface area contributed by atoms with Gasteiger partial charge in [0.05, 0.1) is 12.6 Å². The molecule has 1 heterocycles. The second-order valence-electron chi connectivity index (χ2n) is 5.06. The highest BCUT2D eigenvalue weighted by atomic mass is 16.6. The number of piperidine rings is 1. The molecule has 1 aliphatic carbocycles. The Balaban J connectivity index is 1.84. The molecule has 4 heteroatoms. The van der Waals surface area contributed by atoms with Crippen molar-refractivity contribution in [3.05, 3.63) is 0 Å². The zero-order chi connectivity index (χ0) is 12.1. The van der Waals surface area contributed by atoms with Crippen molar-refractivity contribution in [1.29, 1.82) is 0 Å². The van der Waals surface area contributed by atoms with E-state index in [4.69, 9.17) is 4.74 Å². The molecule has 2 aliphatic rings. The molecule has 1 aliphatic heterocycles. The number of carbonyl (C=O) groups is 1. The number of nitrogens with zero attached hydrogens (tertiary/aromatic N) is 2. The summed E-state index contributed by atoms with van der Waals surface area (Å²) in [4.78, 5) is 12.1. The largest absolute Gasteiger partial charge is 0.448 e. The summed E-state index contributed by atoms with van der Waals surface area (Å²) in [6, 6.07) is 0.419. The fourth-order valence-corrected chi connectivity index (χ4v) is 2.28. The quantitative estimate of drug-likeness (QED) is 0.693. The Kier molecular flexibility index (Phi) is 4.66. The monoisotopic (exact) mass is 240 g/mol. The zero-order valence-electron chi connectivity index (χ0n) is 10.9. The smallest absolute Gasteiger partial charge is 0.424 e. The normalized spacial score (nSPS) is 21.2. The number of ether oxygens (including phenoxy) is 1. The maximum absolute atomic E-state index is 12.1. The van der Waals surface area contributed by atoms with E-state index in [9.17, 15) is 4.79 Å². The average Bonchev–Trinajstić information content (AvgIpc) is 3.16. The highest BCUT2D eigenvalue weighted by Crippen LogP contribution is 2.30. The van der Waals surface area contributed by atoms with Gasteiger partial charge in [-0.1, -0.05) is 19.8 Å². The third-order valence-corrected chi connectivity index (χ3v) is 3.44. The minimum absolute atomic E-state index is 0.122. The first-order valence-electron chi connectivity index (χ1n) is 7.03. The van der Waals surface area contributed by atoms with Gasteiger partial charge in [0.2, 0.25) is 0 Å². The van der Waals surface area contributed by atoms with Crippen molar-refractivity contribution in [1.82, 2.24) is 10.0 Å². The van der Waals surface area contributed by atoms with Gasteiger partial charge in [0.25, 0.3) is 0 Å². The van der Waals surface area contributed by atoms with Crippen LogP contribution in [0.1, 0.15) is 51.9 Å². The van der Waals surface area contributed by atoms with Crippen LogP contribution in [0.4, 0.5) is 4.79 Å². The van der Waals surface area contributed by atoms with Gasteiger partial charge >= 0.3 is 6.09 Å². The van der Waals surface area contributed by atoms with Gasteiger partial charge in [0.1, 0.15) is 0 Å². The van der Waals surface area contributed by atoms with E-state index < -0.39 is 0 Å². The molecule has 0 radical (unpaired) electrons. The first kappa shape index (κ1) is 12.7. The van der Waals surface area contributed by atoms with Gasteiger partial charge < -0.3 is 4.74 Å². The topological polar surface area (TPSA) is 32.8 Å². The lowest BCUT2D eigenvalue weighted by Gasteiger charge is -2.36. The van der Waals surface area contributed by atoms with Crippen LogP contribution in [0.25, 0.3) is 0 Å². The first-order chi connectivity index (χ1) is 8.33. The molecule has 0 aromatic heterocycles. The van der Waals surface area contributed by atoms with Crippen molar-refractivity contribution < 1.29 is 9.53 Å². The molecular weight excluding hydrogens is 216 g/mol. The van der Waals surface area contributed by atoms with E-state index in [-0.39, 0.29) is 6.09 Å². The van der Waals surface area contributed by atoms with Crippen molar-refractivity contribution in [3.63, 3.8) is 0 Å². The van der Waals surface area contributed by atoms with E-state index in [0.29, 0.717) is 12.6 Å². The summed E-state index contributed by atoms with van der Waals surface area (Å²) in [5.41, 5.74) is 0. The van der Waals surface area contributed by atoms with Crippen LogP contribution in [0, 0.1) is 0 Å². The Morgan fingerprint density at radius 1 is 1.29 bits per heavy atom. The third-order valence-electron chi connectivity index (χ3n) is 3.44. The second-order valence-corrected chi connectivity index (χ2v) is 5.06. The minimum Gasteiger partial charge on any atom is -0.448 e. The lowest BCUT2D eigenvalue weighted by Crippen LogP contribution is -2.50. The molecule has 4 nitrogen and oxygen atoms in total. The van der Waals surface area contributed by atoms with Gasteiger partial charge in [0, 0.05) is 13.1 Å². The number of hydrazine groups is 1. The SMILES string of the molecule is CCCCOC(=O)N(C1CC1)N1CCCCC1. The van der Waals surface area contributed by atoms with E-state index in [0.717, 1.165) is 38.8 Å². The summed E-state index contributed by atoms with van der Waals surface area (Å²) < 4.78 is 5.34. The fourth-order valence-electron chi connectivity index (χ4n) is 2.28. The van der Waals surface area contributed by atoms with Crippen LogP contribution < -0.4 is 0 Å². The molecule has 1 saturated carbocycles. The summed E-state index contributed by atoms with van der Waals surface area (Å²) >= 11 is 0. The van der Waals surface area contributed by atoms with Crippen molar-refractivity contribution in [2.45, 2.75) is 57.9 Å². The van der Waals surface area contributed by atoms with Crippen LogP contribution in [0.3, 0.4) is 0 Å². The zero-order valence-corrected chi connectivity index (χ0v) is 10.9. The van der Waals surface area contributed by atoms with Crippen molar-refractivity contribution in [2.75, 3.05) is 19.7 Å². The summed E-state index contributed by atoms with van der Waals surface area (Å²) in [7, 11) is 0. The predicted molar refractivity (Wildman–Crippen MR) is 66.5 cm³/mol. The van der Waals surface area contributed by atoms with Gasteiger partial charge in [-0.05, 0) is 32.1 Å². The number of hydrogen-bond donors (Lipinski definition) is 0. The Labute approximate surface area is 104 Å². The summed E-state index contributed by atoms with van der Waals surface area (Å²) in [5, 5.41) is 4.10. The standard InChI is InChI=1S/C13H24N2O2/c1-2-3-11-17-13(16)15(12-7-8-12)14-9-5-4-6-10-14/h12H,2-11H2,1H3. The van der Waals surface area contributed by atoms with Gasteiger partial charge in [-0.15, -0.1) is 0 Å². The van der Waals surface area contributed by atoms with Gasteiger partial charge in [-0.2, -0.15) is 0 Å². The van der Waals surface area contributed by atoms with Crippen LogP contribution >= 0.6 is 0 Å². The van der Waals surface area contributed by atoms with E-state index >= 15 is 0 Å². The summed E-state index contributed by atoms with van der Waals surface area (Å²) in [6.45, 7) is 4.70. The maximum Gasteiger partial charge on any atom is 0.424 e. The number of amides is 1. The van der Waals surface area contributed by atoms with E-state index in [1.165, 1.54) is 19.3 Å². The molecule has 2 rings (SSSR count). The Hall–Kier alpha value is -0.770. The summed E-state index contributed by atoms with van der Waals surface area (Å²) in [6.07, 6.45) is 7.88. The molecular formula is C13H24N2O2. The van der Waals surface area contributed by atoms with Crippen LogP contribution in [0.15, 0.2) is 0 Å². The predicted octanol–water partition coefficient (Wildman–Crippen LogP) is 2.79. The molecule has 0 unspecified atom stereocenters. The molecule has 1 amide bonds. The molecule has 0 bridgehead atoms. The van der Waals surface area contributed by atoms with Crippen LogP contribution in [-0.2, 0) is 4.74 Å². The molecule has 0 aromatic carbocycles. The number of rotatable bonds is 5. The van der Waals surface area contributed by atoms with E-state index in [1.54, 1.807) is 0 Å². The Morgan fingerprint density at radius 3 is 2.59 bits per heavy atom. The minimum atomic E-state index is -0.122. The highest BCUT2D eigenvalue weighted by Gasteiger charge is 2.38. The number of unbranched alkanes of at least 4 members (excludes halogenated alkanes) is 1. The molecule has 17 heavy (non-hydrogen) atoms. The van der Waals surface area contributed by atoms with Crippen molar-refractivity contribution in [2.24, 2.45) is 0 Å². The number of carbonyl (C=O) groups excluding carboxylic acids is 1. The highest BCUT2D eigenvalue weighted by molar-refractivity contribution is 5.67. The van der Waals surface area contributed by atoms with E-state index in [2.05, 4.69) is 11.9 Å². The molecule has 98 valence electrons. The molecule has 1 saturated heterocycles. The Morgan fingerprint density at radius 2 is 2.00 bits per heavy atom. The second kappa shape index (κ2) is 6.24. The van der Waals surface area contributed by atoms with Crippen molar-refractivity contribution >= 4 is 6.09 Å². The average molecular weight is 240 g/mol. The van der Waals surface area contributed by atoms with Gasteiger partial charge in [0.15, 0.2) is 0 Å². The molecule has 0 spiro atoms. The lowest BCUT2D eigenvalue weighted by molar-refractivity contribution is -0.0400. The van der Waals surface area contributed by atoms with Gasteiger partial charge in [-0.25, -0.2) is 14.8 Å². The number of hydrogen-bond acceptors (Lipinski definition) is 3. The van der Waals surface area contributed by atoms with E-state index in [1.807, 2.05) is 5.01 Å². The van der Waals surface area contributed by atoms with Crippen LogP contribution in [0.5, 0.6) is 0 Å². The van der Waals surface area contributed by atoms with Crippen LogP contribution in [0.2, 0.25) is 0 Å². The van der Waals surface area contributed by atoms with Crippen LogP contribution in [-0.4, -0.2) is 41.8 Å². The molecule has 2 fully saturated rings. The first-order valence-corrected chi connectivity index (χ1v) is 7.03. The molecule has 0 atom stereocenters. The molecule has 0 aromatic rings.